The third-order valence-electron chi connectivity index (χ3n) is 4.74. The van der Waals surface area contributed by atoms with Crippen LogP contribution < -0.4 is 10.5 Å². The fraction of sp³-hybridized carbons (Fsp3) is 0.263. The number of ether oxygens (including phenoxy) is 1. The molecule has 3 aromatic heterocycles. The van der Waals surface area contributed by atoms with Crippen LogP contribution >= 0.6 is 0 Å². The Hall–Kier alpha value is -3.42. The molecule has 0 amide bonds. The van der Waals surface area contributed by atoms with Crippen LogP contribution in [0.4, 0.5) is 5.95 Å². The molecule has 0 radical (unpaired) electrons. The summed E-state index contributed by atoms with van der Waals surface area (Å²) in [6.45, 7) is 0. The Balaban J connectivity index is 1.56. The maximum Gasteiger partial charge on any atom is 0.222 e. The van der Waals surface area contributed by atoms with Crippen molar-refractivity contribution in [3.63, 3.8) is 0 Å². The van der Waals surface area contributed by atoms with Gasteiger partial charge in [-0.3, -0.25) is 0 Å². The van der Waals surface area contributed by atoms with Crippen molar-refractivity contribution in [2.45, 2.75) is 31.8 Å². The van der Waals surface area contributed by atoms with Crippen molar-refractivity contribution < 1.29 is 9.15 Å². The van der Waals surface area contributed by atoms with E-state index in [2.05, 4.69) is 20.3 Å². The lowest BCUT2D eigenvalue weighted by Crippen LogP contribution is -2.10. The van der Waals surface area contributed by atoms with Gasteiger partial charge in [-0.1, -0.05) is 5.21 Å². The quantitative estimate of drug-likeness (QED) is 0.593. The molecule has 1 aromatic carbocycles. The average Bonchev–Trinajstić information content (AvgIpc) is 3.43. The minimum Gasteiger partial charge on any atom is -0.490 e. The van der Waals surface area contributed by atoms with Crippen LogP contribution in [0.15, 0.2) is 47.1 Å². The Bertz CT molecular complexity index is 1080. The van der Waals surface area contributed by atoms with Crippen molar-refractivity contribution >= 4 is 17.0 Å². The first-order valence-electron chi connectivity index (χ1n) is 8.97. The lowest BCUT2D eigenvalue weighted by Gasteiger charge is -2.13. The minimum absolute atomic E-state index is 0.140. The number of rotatable bonds is 4. The predicted octanol–water partition coefficient (Wildman–Crippen LogP) is 3.37. The summed E-state index contributed by atoms with van der Waals surface area (Å²) in [6, 6.07) is 11.2. The molecule has 3 heterocycles. The molecule has 0 unspecified atom stereocenters. The number of benzene rings is 1. The molecule has 8 heteroatoms. The Labute approximate surface area is 155 Å². The van der Waals surface area contributed by atoms with E-state index in [1.165, 1.54) is 12.8 Å². The summed E-state index contributed by atoms with van der Waals surface area (Å²) >= 11 is 0. The number of nitrogen functional groups attached to an aromatic ring is 1. The van der Waals surface area contributed by atoms with Gasteiger partial charge in [-0.05, 0) is 49.9 Å². The molecule has 0 aliphatic heterocycles. The number of fused-ring (bicyclic) bond motifs is 1. The molecule has 1 aliphatic rings. The van der Waals surface area contributed by atoms with Crippen LogP contribution in [0, 0.1) is 0 Å². The molecule has 4 aromatic rings. The molecular weight excluding hydrogens is 344 g/mol. The second-order valence-corrected chi connectivity index (χ2v) is 6.62. The van der Waals surface area contributed by atoms with Crippen molar-refractivity contribution in [1.82, 2.24) is 25.0 Å². The lowest BCUT2D eigenvalue weighted by atomic mass is 10.2. The molecule has 27 heavy (non-hydrogen) atoms. The third kappa shape index (κ3) is 2.99. The van der Waals surface area contributed by atoms with E-state index in [1.807, 2.05) is 24.3 Å². The number of nitrogens with two attached hydrogens (primary N) is 1. The van der Waals surface area contributed by atoms with Crippen molar-refractivity contribution in [2.75, 3.05) is 5.73 Å². The molecule has 1 saturated carbocycles. The summed E-state index contributed by atoms with van der Waals surface area (Å²) in [6.07, 6.45) is 6.52. The van der Waals surface area contributed by atoms with E-state index in [0.717, 1.165) is 29.6 Å². The topological polar surface area (TPSA) is 105 Å². The first kappa shape index (κ1) is 15.8. The second kappa shape index (κ2) is 6.39. The van der Waals surface area contributed by atoms with Gasteiger partial charge in [0.15, 0.2) is 11.6 Å². The van der Waals surface area contributed by atoms with Gasteiger partial charge < -0.3 is 14.9 Å². The standard InChI is InChI=1S/C19H18N6O2/c20-19-21-15(17-6-3-9-26-17)11-18(22-19)25-16-10-13(7-8-14(16)23-24-25)27-12-4-1-2-5-12/h3,6-12H,1-2,4-5H2,(H2,20,21,22). The molecule has 136 valence electrons. The predicted molar refractivity (Wildman–Crippen MR) is 99.5 cm³/mol. The summed E-state index contributed by atoms with van der Waals surface area (Å²) in [5, 5.41) is 8.46. The number of furan rings is 1. The fourth-order valence-corrected chi connectivity index (χ4v) is 3.45. The van der Waals surface area contributed by atoms with Crippen molar-refractivity contribution in [1.29, 1.82) is 0 Å². The van der Waals surface area contributed by atoms with E-state index >= 15 is 0 Å². The van der Waals surface area contributed by atoms with Crippen LogP contribution in [0.2, 0.25) is 0 Å². The minimum atomic E-state index is 0.140. The van der Waals surface area contributed by atoms with Gasteiger partial charge in [-0.25, -0.2) is 4.98 Å². The van der Waals surface area contributed by atoms with Crippen LogP contribution in [0.25, 0.3) is 28.3 Å². The van der Waals surface area contributed by atoms with Crippen molar-refractivity contribution in [3.05, 3.63) is 42.7 Å². The van der Waals surface area contributed by atoms with Gasteiger partial charge in [0.1, 0.15) is 22.5 Å². The van der Waals surface area contributed by atoms with Gasteiger partial charge in [-0.2, -0.15) is 9.67 Å². The lowest BCUT2D eigenvalue weighted by molar-refractivity contribution is 0.210. The number of hydrogen-bond donors (Lipinski definition) is 1. The Morgan fingerprint density at radius 2 is 2.00 bits per heavy atom. The highest BCUT2D eigenvalue weighted by molar-refractivity contribution is 5.78. The number of hydrogen-bond acceptors (Lipinski definition) is 7. The van der Waals surface area contributed by atoms with Crippen LogP contribution in [-0.4, -0.2) is 31.1 Å². The molecular formula is C19H18N6O2. The van der Waals surface area contributed by atoms with E-state index in [4.69, 9.17) is 14.9 Å². The maximum atomic E-state index is 6.11. The van der Waals surface area contributed by atoms with Crippen LogP contribution in [0.5, 0.6) is 5.75 Å². The summed E-state index contributed by atoms with van der Waals surface area (Å²) in [7, 11) is 0. The number of anilines is 1. The highest BCUT2D eigenvalue weighted by Gasteiger charge is 2.18. The Morgan fingerprint density at radius 1 is 1.11 bits per heavy atom. The van der Waals surface area contributed by atoms with Gasteiger partial charge in [0.05, 0.1) is 12.4 Å². The van der Waals surface area contributed by atoms with E-state index in [1.54, 1.807) is 23.1 Å². The summed E-state index contributed by atoms with van der Waals surface area (Å²) in [5.41, 5.74) is 8.05. The van der Waals surface area contributed by atoms with Crippen LogP contribution in [-0.2, 0) is 0 Å². The zero-order valence-corrected chi connectivity index (χ0v) is 14.6. The number of nitrogens with zero attached hydrogens (tertiary/aromatic N) is 5. The molecule has 5 rings (SSSR count). The SMILES string of the molecule is Nc1nc(-c2ccco2)cc(-n2nnc3ccc(OC4CCCC4)cc32)n1. The Morgan fingerprint density at radius 3 is 2.81 bits per heavy atom. The zero-order chi connectivity index (χ0) is 18.2. The average molecular weight is 362 g/mol. The first-order chi connectivity index (χ1) is 13.3. The first-order valence-corrected chi connectivity index (χ1v) is 8.97. The van der Waals surface area contributed by atoms with Gasteiger partial charge >= 0.3 is 0 Å². The highest BCUT2D eigenvalue weighted by atomic mass is 16.5. The molecule has 1 aliphatic carbocycles. The van der Waals surface area contributed by atoms with E-state index in [9.17, 15) is 0 Å². The number of aromatic nitrogens is 5. The molecule has 0 atom stereocenters. The highest BCUT2D eigenvalue weighted by Crippen LogP contribution is 2.28. The molecule has 0 saturated heterocycles. The van der Waals surface area contributed by atoms with Gasteiger partial charge in [0.25, 0.3) is 0 Å². The van der Waals surface area contributed by atoms with E-state index < -0.39 is 0 Å². The Kier molecular flexibility index (Phi) is 3.74. The van der Waals surface area contributed by atoms with Crippen LogP contribution in [0.3, 0.4) is 0 Å². The zero-order valence-electron chi connectivity index (χ0n) is 14.6. The summed E-state index contributed by atoms with van der Waals surface area (Å²) < 4.78 is 13.2. The second-order valence-electron chi connectivity index (χ2n) is 6.62. The van der Waals surface area contributed by atoms with Crippen molar-refractivity contribution in [3.8, 4) is 23.0 Å². The van der Waals surface area contributed by atoms with Crippen LogP contribution in [0.1, 0.15) is 25.7 Å². The molecule has 1 fully saturated rings. The molecule has 0 bridgehead atoms. The van der Waals surface area contributed by atoms with Gasteiger partial charge in [0, 0.05) is 12.1 Å². The molecule has 2 N–H and O–H groups in total. The fourth-order valence-electron chi connectivity index (χ4n) is 3.45. The van der Waals surface area contributed by atoms with Gasteiger partial charge in [-0.15, -0.1) is 5.10 Å². The van der Waals surface area contributed by atoms with E-state index in [-0.39, 0.29) is 12.1 Å². The maximum absolute atomic E-state index is 6.11. The molecule has 0 spiro atoms. The summed E-state index contributed by atoms with van der Waals surface area (Å²) in [5.74, 6) is 2.08. The normalized spacial score (nSPS) is 14.8. The smallest absolute Gasteiger partial charge is 0.222 e. The summed E-state index contributed by atoms with van der Waals surface area (Å²) in [4.78, 5) is 8.55. The monoisotopic (exact) mass is 362 g/mol. The largest absolute Gasteiger partial charge is 0.490 e. The third-order valence-corrected chi connectivity index (χ3v) is 4.74. The molecule has 8 nitrogen and oxygen atoms in total. The van der Waals surface area contributed by atoms with E-state index in [0.29, 0.717) is 17.3 Å². The van der Waals surface area contributed by atoms with Gasteiger partial charge in [0.2, 0.25) is 5.95 Å². The van der Waals surface area contributed by atoms with Crippen molar-refractivity contribution in [2.24, 2.45) is 0 Å².